The zero-order valence-corrected chi connectivity index (χ0v) is 73.8. The van der Waals surface area contributed by atoms with Gasteiger partial charge in [0.1, 0.15) is 58.1 Å². The Labute approximate surface area is 698 Å². The molecule has 6 amide bonds. The van der Waals surface area contributed by atoms with Crippen LogP contribution in [0.5, 0.6) is 46.0 Å². The number of benzene rings is 11. The van der Waals surface area contributed by atoms with E-state index < -0.39 is 47.5 Å². The summed E-state index contributed by atoms with van der Waals surface area (Å²) in [5.41, 5.74) is 4.32. The summed E-state index contributed by atoms with van der Waals surface area (Å²) in [6.07, 6.45) is 3.68. The van der Waals surface area contributed by atoms with Crippen LogP contribution in [0.15, 0.2) is 182 Å². The Kier molecular flexibility index (Phi) is 22.7. The van der Waals surface area contributed by atoms with Crippen molar-refractivity contribution >= 4 is 89.9 Å². The zero-order valence-electron chi connectivity index (χ0n) is 73.8. The first kappa shape index (κ1) is 85.0. The molecule has 2 unspecified atom stereocenters. The van der Waals surface area contributed by atoms with Crippen molar-refractivity contribution in [2.24, 2.45) is 33.5 Å². The fraction of sp³-hybridized carbons (Fsp3) is 0.404. The molecule has 0 bridgehead atoms. The second kappa shape index (κ2) is 31.5. The van der Waals surface area contributed by atoms with E-state index in [2.05, 4.69) is 198 Å². The van der Waals surface area contributed by atoms with Crippen LogP contribution in [0, 0.1) is 33.5 Å². The lowest BCUT2D eigenvalue weighted by atomic mass is 9.72. The molecule has 616 valence electrons. The lowest BCUT2D eigenvalue weighted by Gasteiger charge is -2.36. The fourth-order valence-corrected chi connectivity index (χ4v) is 19.6. The fourth-order valence-electron chi connectivity index (χ4n) is 19.6. The number of nitrogens with zero attached hydrogens (tertiary/aromatic N) is 2. The molecule has 11 aromatic rings. The van der Waals surface area contributed by atoms with E-state index >= 15 is 28.8 Å². The molecule has 0 fully saturated rings. The first-order valence-electron chi connectivity index (χ1n) is 42.0. The van der Waals surface area contributed by atoms with Crippen molar-refractivity contribution in [2.45, 2.75) is 238 Å². The van der Waals surface area contributed by atoms with E-state index in [0.717, 1.165) is 57.7 Å². The largest absolute Gasteiger partial charge is 0.457 e. The molecule has 0 spiro atoms. The topological polar surface area (TPSA) is 170 Å². The summed E-state index contributed by atoms with van der Waals surface area (Å²) in [6.45, 7) is 52.5. The summed E-state index contributed by atoms with van der Waals surface area (Å²) in [5, 5.41) is 8.55. The third-order valence-electron chi connectivity index (χ3n) is 23.0. The lowest BCUT2D eigenvalue weighted by molar-refractivity contribution is -0.121. The van der Waals surface area contributed by atoms with Crippen molar-refractivity contribution in [3.63, 3.8) is 0 Å². The van der Waals surface area contributed by atoms with Crippen molar-refractivity contribution in [1.82, 2.24) is 9.80 Å². The van der Waals surface area contributed by atoms with E-state index in [9.17, 15) is 0 Å². The minimum Gasteiger partial charge on any atom is -0.457 e. The van der Waals surface area contributed by atoms with Gasteiger partial charge in [0.2, 0.25) is 11.8 Å². The van der Waals surface area contributed by atoms with E-state index in [1.165, 1.54) is 0 Å². The molecule has 2 N–H and O–H groups in total. The van der Waals surface area contributed by atoms with Crippen LogP contribution in [-0.2, 0) is 31.2 Å². The predicted octanol–water partition coefficient (Wildman–Crippen LogP) is 27.1. The average molecular weight is 1590 g/mol. The summed E-state index contributed by atoms with van der Waals surface area (Å²) >= 11 is 0. The van der Waals surface area contributed by atoms with Crippen molar-refractivity contribution in [1.29, 1.82) is 0 Å². The number of imide groups is 2. The number of carbonyl (C=O) groups is 6. The molecule has 2 atom stereocenters. The van der Waals surface area contributed by atoms with Gasteiger partial charge in [-0.25, -0.2) is 0 Å². The first-order valence-corrected chi connectivity index (χ1v) is 42.0. The van der Waals surface area contributed by atoms with Gasteiger partial charge in [-0.05, 0) is 213 Å². The maximum absolute atomic E-state index is 16.8. The van der Waals surface area contributed by atoms with Crippen molar-refractivity contribution in [3.8, 4) is 46.0 Å². The van der Waals surface area contributed by atoms with Crippen LogP contribution in [0.25, 0.3) is 43.1 Å². The lowest BCUT2D eigenvalue weighted by Crippen LogP contribution is -2.52. The third-order valence-corrected chi connectivity index (χ3v) is 23.0. The van der Waals surface area contributed by atoms with Crippen molar-refractivity contribution in [3.05, 3.63) is 226 Å². The van der Waals surface area contributed by atoms with E-state index in [-0.39, 0.29) is 124 Å². The number of nitrogens with one attached hydrogen (secondary N) is 2. The summed E-state index contributed by atoms with van der Waals surface area (Å²) in [6, 6.07) is 53.9. The van der Waals surface area contributed by atoms with E-state index in [4.69, 9.17) is 18.9 Å². The Balaban J connectivity index is 1.21. The average Bonchev–Trinajstić information content (AvgIpc) is 0.669. The monoisotopic (exact) mass is 1580 g/mol. The summed E-state index contributed by atoms with van der Waals surface area (Å²) in [5.74, 6) is -2.38. The number of anilines is 2. The molecule has 0 aromatic heterocycles. The quantitative estimate of drug-likeness (QED) is 0.0302. The van der Waals surface area contributed by atoms with Crippen LogP contribution in [0.1, 0.15) is 268 Å². The molecule has 0 saturated heterocycles. The number of hydrogen-bond donors (Lipinski definition) is 2. The van der Waals surface area contributed by atoms with Crippen LogP contribution >= 0.6 is 0 Å². The highest BCUT2D eigenvalue weighted by molar-refractivity contribution is 6.45. The van der Waals surface area contributed by atoms with Gasteiger partial charge >= 0.3 is 0 Å². The summed E-state index contributed by atoms with van der Waals surface area (Å²) in [7, 11) is 0. The first-order chi connectivity index (χ1) is 55.1. The van der Waals surface area contributed by atoms with Crippen molar-refractivity contribution in [2.75, 3.05) is 10.6 Å². The Bertz CT molecular complexity index is 5040. The standard InChI is InChI=1S/C104H120N4O10/c1-61(2)51-77(91(109)105-67-31-27-25-28-32-67)107-93(111)73-53-79(115-69-43-35-63(36-44-69)101(17,18)57-97(5,6)7)85-87-81(117-71-47-39-65(40-48-71)103(21,22)59-99(11,12)13)55-75-84-76(96(114)108(95(75)113)78(52-62(3)4)92(110)106-68-33-29-26-30-34-68)56-82(118-72-49-41-66(42-50-72)104(23,24)60-100(14,15)16)88(90(84)87)86-80(54-74(94(107)112)83(73)89(85)86)116-70-45-37-64(38-46-70)102(19,20)58-98(8,9)10/h25-50,53-56,61-62,77-78H,51-52,57-60H2,1-24H3,(H,105,109)(H,106,110). The van der Waals surface area contributed by atoms with Gasteiger partial charge in [0, 0.05) is 54.5 Å². The smallest absolute Gasteiger partial charge is 0.262 e. The number of fused-ring (bicyclic) bond motifs is 2. The second-order valence-electron chi connectivity index (χ2n) is 41.6. The Morgan fingerprint density at radius 2 is 0.508 bits per heavy atom. The molecular weight excluding hydrogens is 1470 g/mol. The molecule has 2 heterocycles. The summed E-state index contributed by atoms with van der Waals surface area (Å²) < 4.78 is 30.3. The van der Waals surface area contributed by atoms with Gasteiger partial charge in [0.25, 0.3) is 23.6 Å². The molecule has 118 heavy (non-hydrogen) atoms. The number of rotatable bonds is 26. The van der Waals surface area contributed by atoms with Crippen molar-refractivity contribution < 1.29 is 47.7 Å². The highest BCUT2D eigenvalue weighted by Crippen LogP contribution is 2.59. The molecule has 0 radical (unpaired) electrons. The van der Waals surface area contributed by atoms with Crippen LogP contribution in [0.3, 0.4) is 0 Å². The normalized spacial score (nSPS) is 14.5. The second-order valence-corrected chi connectivity index (χ2v) is 41.6. The van der Waals surface area contributed by atoms with Gasteiger partial charge in [0.05, 0.1) is 22.3 Å². The summed E-state index contributed by atoms with van der Waals surface area (Å²) in [4.78, 5) is 99.9. The number of ether oxygens (including phenoxy) is 4. The van der Waals surface area contributed by atoms with Crippen LogP contribution < -0.4 is 29.6 Å². The van der Waals surface area contributed by atoms with Gasteiger partial charge in [0.15, 0.2) is 0 Å². The Hall–Kier alpha value is -10.9. The van der Waals surface area contributed by atoms with Gasteiger partial charge in [-0.2, -0.15) is 0 Å². The van der Waals surface area contributed by atoms with Gasteiger partial charge in [-0.3, -0.25) is 38.6 Å². The highest BCUT2D eigenvalue weighted by Gasteiger charge is 2.47. The van der Waals surface area contributed by atoms with E-state index in [1.54, 1.807) is 48.5 Å². The molecule has 2 aliphatic heterocycles. The van der Waals surface area contributed by atoms with Crippen LogP contribution in [0.4, 0.5) is 11.4 Å². The van der Waals surface area contributed by atoms with Gasteiger partial charge in [-0.15, -0.1) is 0 Å². The Morgan fingerprint density at radius 1 is 0.297 bits per heavy atom. The van der Waals surface area contributed by atoms with E-state index in [1.807, 2.05) is 113 Å². The molecule has 13 rings (SSSR count). The molecule has 11 aromatic carbocycles. The zero-order chi connectivity index (χ0) is 85.6. The molecular formula is C104H120N4O10. The maximum atomic E-state index is 16.8. The molecule has 0 aliphatic carbocycles. The molecule has 2 aliphatic rings. The van der Waals surface area contributed by atoms with E-state index in [0.29, 0.717) is 66.7 Å². The molecule has 0 saturated carbocycles. The number of para-hydroxylation sites is 2. The molecule has 14 nitrogen and oxygen atoms in total. The minimum atomic E-state index is -1.33. The SMILES string of the molecule is CC(C)CC(C(=O)Nc1ccccc1)N1C(=O)c2cc(Oc3ccc(C(C)(C)CC(C)(C)C)cc3)c3c4c(Oc5ccc(C(C)(C)CC(C)(C)C)cc5)cc5c6c(cc(Oc7ccc(C(C)(C)CC(C)(C)C)cc7)c(c7c(Oc8ccc(C(C)(C)CC(C)(C)C)cc8)cc(c2c37)C1=O)c64)C(=O)N(C(CC(C)C)C(=O)Nc1ccccc1)C5=O. The number of hydrogen-bond acceptors (Lipinski definition) is 10. The van der Waals surface area contributed by atoms with Gasteiger partial charge in [-0.1, -0.05) is 251 Å². The highest BCUT2D eigenvalue weighted by atomic mass is 16.5. The molecule has 14 heteroatoms. The van der Waals surface area contributed by atoms with Gasteiger partial charge < -0.3 is 29.6 Å². The number of carbonyl (C=O) groups excluding carboxylic acids is 6. The van der Waals surface area contributed by atoms with Crippen LogP contribution in [-0.4, -0.2) is 57.3 Å². The predicted molar refractivity (Wildman–Crippen MR) is 480 cm³/mol. The minimum absolute atomic E-state index is 0.0152. The van der Waals surface area contributed by atoms with Crippen LogP contribution in [0.2, 0.25) is 0 Å². The third kappa shape index (κ3) is 17.8. The number of amides is 6. The Morgan fingerprint density at radius 3 is 0.703 bits per heavy atom. The maximum Gasteiger partial charge on any atom is 0.262 e.